The molecular weight excluding hydrogens is 349 g/mol. The van der Waals surface area contributed by atoms with E-state index >= 15 is 0 Å². The van der Waals surface area contributed by atoms with Crippen molar-refractivity contribution >= 4 is 22.6 Å². The van der Waals surface area contributed by atoms with Crippen molar-refractivity contribution in [2.45, 2.75) is 12.6 Å². The molecule has 0 bridgehead atoms. The first kappa shape index (κ1) is 17.7. The van der Waals surface area contributed by atoms with E-state index < -0.39 is 17.6 Å². The predicted octanol–water partition coefficient (Wildman–Crippen LogP) is 4.15. The Morgan fingerprint density at radius 1 is 1.19 bits per heavy atom. The molecule has 1 heterocycles. The minimum Gasteiger partial charge on any atom is -0.497 e. The van der Waals surface area contributed by atoms with E-state index in [-0.39, 0.29) is 12.1 Å². The molecule has 1 amide bonds. The van der Waals surface area contributed by atoms with Gasteiger partial charge in [-0.15, -0.1) is 0 Å². The zero-order valence-electron chi connectivity index (χ0n) is 13.7. The molecule has 26 heavy (non-hydrogen) atoms. The van der Waals surface area contributed by atoms with Crippen molar-refractivity contribution in [2.75, 3.05) is 12.5 Å². The van der Waals surface area contributed by atoms with E-state index in [0.717, 1.165) is 11.5 Å². The van der Waals surface area contributed by atoms with Gasteiger partial charge in [0, 0.05) is 17.0 Å². The number of rotatable bonds is 5. The van der Waals surface area contributed by atoms with Gasteiger partial charge in [0.25, 0.3) is 0 Å². The maximum absolute atomic E-state index is 12.9. The van der Waals surface area contributed by atoms with Gasteiger partial charge in [-0.25, -0.2) is 0 Å². The minimum absolute atomic E-state index is 0.0550. The van der Waals surface area contributed by atoms with Crippen molar-refractivity contribution < 1.29 is 27.1 Å². The Bertz CT molecular complexity index is 935. The van der Waals surface area contributed by atoms with Gasteiger partial charge >= 0.3 is 6.18 Å². The largest absolute Gasteiger partial charge is 0.497 e. The van der Waals surface area contributed by atoms with Crippen LogP contribution in [-0.2, 0) is 17.4 Å². The number of ether oxygens (including phenoxy) is 1. The van der Waals surface area contributed by atoms with E-state index in [4.69, 9.17) is 9.15 Å². The Morgan fingerprint density at radius 2 is 1.96 bits per heavy atom. The molecule has 8 heteroatoms. The van der Waals surface area contributed by atoms with Gasteiger partial charge in [0.2, 0.25) is 5.91 Å². The quantitative estimate of drug-likeness (QED) is 0.668. The topological polar surface area (TPSA) is 63.5 Å². The second kappa shape index (κ2) is 6.99. The molecule has 0 spiro atoms. The number of methoxy groups -OCH3 is 1. The first-order valence-corrected chi connectivity index (χ1v) is 7.63. The van der Waals surface area contributed by atoms with Crippen LogP contribution in [-0.4, -0.2) is 13.0 Å². The molecule has 5 nitrogen and oxygen atoms in total. The fraction of sp³-hybridized carbons (Fsp3) is 0.167. The summed E-state index contributed by atoms with van der Waals surface area (Å²) in [5.41, 5.74) is 4.70. The number of para-hydroxylation sites is 1. The number of nitrogens with one attached hydrogen (secondary N) is 2. The normalized spacial score (nSPS) is 11.4. The molecule has 0 saturated heterocycles. The van der Waals surface area contributed by atoms with Gasteiger partial charge in [0.15, 0.2) is 0 Å². The molecule has 0 atom stereocenters. The fourth-order valence-corrected chi connectivity index (χ4v) is 2.52. The number of amides is 1. The predicted molar refractivity (Wildman–Crippen MR) is 89.7 cm³/mol. The van der Waals surface area contributed by atoms with Crippen molar-refractivity contribution in [3.63, 3.8) is 0 Å². The molecule has 136 valence electrons. The van der Waals surface area contributed by atoms with Crippen molar-refractivity contribution in [1.29, 1.82) is 0 Å². The number of furan rings is 1. The van der Waals surface area contributed by atoms with E-state index in [2.05, 4.69) is 10.9 Å². The highest BCUT2D eigenvalue weighted by Gasteiger charge is 2.33. The summed E-state index contributed by atoms with van der Waals surface area (Å²) < 4.78 is 49.3. The average molecular weight is 364 g/mol. The molecule has 0 unspecified atom stereocenters. The number of halogens is 3. The van der Waals surface area contributed by atoms with E-state index in [1.807, 2.05) is 0 Å². The van der Waals surface area contributed by atoms with Crippen molar-refractivity contribution in [3.05, 3.63) is 59.9 Å². The fourth-order valence-electron chi connectivity index (χ4n) is 2.52. The van der Waals surface area contributed by atoms with Crippen LogP contribution >= 0.6 is 0 Å². The number of carbonyl (C=O) groups excluding carboxylic acids is 1. The van der Waals surface area contributed by atoms with Crippen LogP contribution < -0.4 is 15.6 Å². The molecule has 0 saturated carbocycles. The van der Waals surface area contributed by atoms with E-state index in [1.165, 1.54) is 31.6 Å². The van der Waals surface area contributed by atoms with Crippen LogP contribution in [0.2, 0.25) is 0 Å². The van der Waals surface area contributed by atoms with E-state index in [1.54, 1.807) is 18.2 Å². The lowest BCUT2D eigenvalue weighted by Gasteiger charge is -2.14. The van der Waals surface area contributed by atoms with E-state index in [0.29, 0.717) is 16.9 Å². The third-order valence-corrected chi connectivity index (χ3v) is 3.78. The summed E-state index contributed by atoms with van der Waals surface area (Å²) >= 11 is 0. The summed E-state index contributed by atoms with van der Waals surface area (Å²) in [6.07, 6.45) is -3.14. The number of fused-ring (bicyclic) bond motifs is 1. The number of carbonyl (C=O) groups is 1. The van der Waals surface area contributed by atoms with Gasteiger partial charge in [0.05, 0.1) is 31.0 Å². The standard InChI is InChI=1S/C18H15F3N2O3/c1-25-12-6-7-13-11(10-26-16(13)9-12)8-17(24)23-22-15-5-3-2-4-14(15)18(19,20)21/h2-7,9-10,22H,8H2,1H3,(H,23,24). The first-order valence-electron chi connectivity index (χ1n) is 7.63. The summed E-state index contributed by atoms with van der Waals surface area (Å²) in [5.74, 6) is 0.119. The molecule has 0 fully saturated rings. The number of hydrazine groups is 1. The maximum Gasteiger partial charge on any atom is 0.418 e. The average Bonchev–Trinajstić information content (AvgIpc) is 3.01. The molecule has 0 aliphatic rings. The Kier molecular flexibility index (Phi) is 4.75. The SMILES string of the molecule is COc1ccc2c(CC(=O)NNc3ccccc3C(F)(F)F)coc2c1. The highest BCUT2D eigenvalue weighted by molar-refractivity contribution is 5.88. The molecule has 2 N–H and O–H groups in total. The summed E-state index contributed by atoms with van der Waals surface area (Å²) in [6, 6.07) is 10.1. The number of hydrogen-bond acceptors (Lipinski definition) is 4. The van der Waals surface area contributed by atoms with Crippen LogP contribution in [0.15, 0.2) is 53.1 Å². The molecule has 3 rings (SSSR count). The third-order valence-electron chi connectivity index (χ3n) is 3.78. The van der Waals surface area contributed by atoms with Gasteiger partial charge in [-0.2, -0.15) is 13.2 Å². The maximum atomic E-state index is 12.9. The zero-order chi connectivity index (χ0) is 18.7. The number of benzene rings is 2. The number of anilines is 1. The molecule has 0 radical (unpaired) electrons. The highest BCUT2D eigenvalue weighted by Crippen LogP contribution is 2.34. The Hall–Kier alpha value is -3.16. The second-order valence-electron chi connectivity index (χ2n) is 5.52. The van der Waals surface area contributed by atoms with Gasteiger partial charge in [-0.1, -0.05) is 12.1 Å². The summed E-state index contributed by atoms with van der Waals surface area (Å²) in [7, 11) is 1.53. The van der Waals surface area contributed by atoms with Crippen molar-refractivity contribution in [3.8, 4) is 5.75 Å². The monoisotopic (exact) mass is 364 g/mol. The summed E-state index contributed by atoms with van der Waals surface area (Å²) in [4.78, 5) is 12.1. The van der Waals surface area contributed by atoms with Gasteiger partial charge in [-0.3, -0.25) is 15.6 Å². The molecule has 3 aromatic rings. The molecule has 1 aromatic heterocycles. The smallest absolute Gasteiger partial charge is 0.418 e. The van der Waals surface area contributed by atoms with Crippen LogP contribution in [0.25, 0.3) is 11.0 Å². The second-order valence-corrected chi connectivity index (χ2v) is 5.52. The van der Waals surface area contributed by atoms with Crippen LogP contribution in [0.4, 0.5) is 18.9 Å². The Balaban J connectivity index is 1.69. The lowest BCUT2D eigenvalue weighted by molar-refractivity contribution is -0.137. The lowest BCUT2D eigenvalue weighted by Crippen LogP contribution is -2.31. The molecule has 0 aliphatic heterocycles. The van der Waals surface area contributed by atoms with Gasteiger partial charge < -0.3 is 9.15 Å². The lowest BCUT2D eigenvalue weighted by atomic mass is 10.1. The number of alkyl halides is 3. The van der Waals surface area contributed by atoms with Crippen LogP contribution in [0.1, 0.15) is 11.1 Å². The minimum atomic E-state index is -4.52. The van der Waals surface area contributed by atoms with Crippen LogP contribution in [0.3, 0.4) is 0 Å². The Labute approximate surface area is 146 Å². The zero-order valence-corrected chi connectivity index (χ0v) is 13.7. The van der Waals surface area contributed by atoms with Gasteiger partial charge in [0.1, 0.15) is 11.3 Å². The van der Waals surface area contributed by atoms with E-state index in [9.17, 15) is 18.0 Å². The van der Waals surface area contributed by atoms with Gasteiger partial charge in [-0.05, 0) is 24.3 Å². The number of hydrogen-bond donors (Lipinski definition) is 2. The summed E-state index contributed by atoms with van der Waals surface area (Å²) in [5, 5.41) is 0.733. The summed E-state index contributed by atoms with van der Waals surface area (Å²) in [6.45, 7) is 0. The van der Waals surface area contributed by atoms with Crippen LogP contribution in [0, 0.1) is 0 Å². The molecule has 0 aliphatic carbocycles. The Morgan fingerprint density at radius 3 is 2.69 bits per heavy atom. The van der Waals surface area contributed by atoms with Crippen LogP contribution in [0.5, 0.6) is 5.75 Å². The first-order chi connectivity index (χ1) is 12.4. The molecular formula is C18H15F3N2O3. The van der Waals surface area contributed by atoms with Crippen molar-refractivity contribution in [1.82, 2.24) is 5.43 Å². The van der Waals surface area contributed by atoms with Crippen molar-refractivity contribution in [2.24, 2.45) is 0 Å². The highest BCUT2D eigenvalue weighted by atomic mass is 19.4. The molecule has 2 aromatic carbocycles. The third kappa shape index (κ3) is 3.74.